The van der Waals surface area contributed by atoms with Gasteiger partial charge in [-0.25, -0.2) is 4.39 Å². The first-order chi connectivity index (χ1) is 7.74. The predicted octanol–water partition coefficient (Wildman–Crippen LogP) is 2.72. The van der Waals surface area contributed by atoms with Gasteiger partial charge in [0.25, 0.3) is 0 Å². The minimum absolute atomic E-state index is 0.252. The topological polar surface area (TPSA) is 35.2 Å². The summed E-state index contributed by atoms with van der Waals surface area (Å²) in [4.78, 5) is 0. The molecule has 1 saturated carbocycles. The van der Waals surface area contributed by atoms with Crippen LogP contribution in [-0.2, 0) is 0 Å². The first-order valence-electron chi connectivity index (χ1n) is 5.83. The summed E-state index contributed by atoms with van der Waals surface area (Å²) in [6.07, 6.45) is 4.62. The van der Waals surface area contributed by atoms with Crippen molar-refractivity contribution in [3.05, 3.63) is 30.1 Å². The third-order valence-electron chi connectivity index (χ3n) is 3.31. The van der Waals surface area contributed by atoms with Gasteiger partial charge >= 0.3 is 0 Å². The van der Waals surface area contributed by atoms with E-state index in [1.807, 2.05) is 0 Å². The predicted molar refractivity (Wildman–Crippen MR) is 61.9 cm³/mol. The molecule has 2 nitrogen and oxygen atoms in total. The number of halogens is 1. The minimum atomic E-state index is -0.252. The zero-order chi connectivity index (χ0) is 11.4. The highest BCUT2D eigenvalue weighted by molar-refractivity contribution is 5.22. The van der Waals surface area contributed by atoms with Crippen molar-refractivity contribution in [2.24, 2.45) is 11.1 Å². The lowest BCUT2D eigenvalue weighted by molar-refractivity contribution is 0.287. The molecule has 1 aromatic rings. The molecule has 0 aromatic heterocycles. The molecule has 2 rings (SSSR count). The Bertz CT molecular complexity index is 350. The highest BCUT2D eigenvalue weighted by Crippen LogP contribution is 2.48. The maximum atomic E-state index is 12.8. The van der Waals surface area contributed by atoms with Crippen molar-refractivity contribution in [2.75, 3.05) is 13.2 Å². The van der Waals surface area contributed by atoms with Crippen LogP contribution < -0.4 is 10.5 Å². The van der Waals surface area contributed by atoms with Crippen LogP contribution in [0.15, 0.2) is 24.3 Å². The molecule has 0 heterocycles. The minimum Gasteiger partial charge on any atom is -0.493 e. The first-order valence-corrected chi connectivity index (χ1v) is 5.83. The number of ether oxygens (including phenoxy) is 1. The Morgan fingerprint density at radius 1 is 1.38 bits per heavy atom. The molecule has 0 bridgehead atoms. The van der Waals surface area contributed by atoms with E-state index in [1.54, 1.807) is 12.1 Å². The maximum Gasteiger partial charge on any atom is 0.126 e. The molecule has 1 aliphatic carbocycles. The van der Waals surface area contributed by atoms with Gasteiger partial charge < -0.3 is 10.5 Å². The monoisotopic (exact) mass is 223 g/mol. The lowest BCUT2D eigenvalue weighted by atomic mass is 10.0. The van der Waals surface area contributed by atoms with Gasteiger partial charge in [-0.2, -0.15) is 0 Å². The Kier molecular flexibility index (Phi) is 3.44. The van der Waals surface area contributed by atoms with Crippen LogP contribution in [-0.4, -0.2) is 13.2 Å². The molecule has 1 fully saturated rings. The normalized spacial score (nSPS) is 17.1. The molecule has 1 aromatic carbocycles. The van der Waals surface area contributed by atoms with Crippen molar-refractivity contribution >= 4 is 0 Å². The molecule has 0 spiro atoms. The van der Waals surface area contributed by atoms with Gasteiger partial charge in [-0.15, -0.1) is 0 Å². The maximum absolute atomic E-state index is 12.8. The Morgan fingerprint density at radius 3 is 2.81 bits per heavy atom. The first kappa shape index (κ1) is 11.4. The fourth-order valence-electron chi connectivity index (χ4n) is 1.93. The van der Waals surface area contributed by atoms with E-state index >= 15 is 0 Å². The Morgan fingerprint density at radius 2 is 2.19 bits per heavy atom. The van der Waals surface area contributed by atoms with Gasteiger partial charge in [0.2, 0.25) is 0 Å². The van der Waals surface area contributed by atoms with Gasteiger partial charge in [0.15, 0.2) is 0 Å². The zero-order valence-electron chi connectivity index (χ0n) is 9.42. The van der Waals surface area contributed by atoms with Gasteiger partial charge in [0.1, 0.15) is 11.6 Å². The van der Waals surface area contributed by atoms with Gasteiger partial charge in [0, 0.05) is 6.07 Å². The van der Waals surface area contributed by atoms with E-state index in [0.29, 0.717) is 17.8 Å². The van der Waals surface area contributed by atoms with E-state index in [9.17, 15) is 4.39 Å². The van der Waals surface area contributed by atoms with E-state index in [0.717, 1.165) is 19.4 Å². The number of hydrogen-bond acceptors (Lipinski definition) is 2. The molecule has 0 saturated heterocycles. The molecule has 0 unspecified atom stereocenters. The smallest absolute Gasteiger partial charge is 0.126 e. The van der Waals surface area contributed by atoms with Crippen LogP contribution in [0.2, 0.25) is 0 Å². The third kappa shape index (κ3) is 2.95. The highest BCUT2D eigenvalue weighted by Gasteiger charge is 2.40. The second-order valence-electron chi connectivity index (χ2n) is 4.61. The van der Waals surface area contributed by atoms with Crippen molar-refractivity contribution < 1.29 is 9.13 Å². The Hall–Kier alpha value is -1.09. The fourth-order valence-corrected chi connectivity index (χ4v) is 1.93. The lowest BCUT2D eigenvalue weighted by Gasteiger charge is -2.12. The van der Waals surface area contributed by atoms with Crippen LogP contribution >= 0.6 is 0 Å². The van der Waals surface area contributed by atoms with E-state index in [1.165, 1.54) is 25.0 Å². The van der Waals surface area contributed by atoms with Crippen LogP contribution in [0.1, 0.15) is 25.7 Å². The molecule has 2 N–H and O–H groups in total. The standard InChI is InChI=1S/C13H18FNO/c14-11-3-1-4-12(9-11)16-8-2-5-13(10-15)6-7-13/h1,3-4,9H,2,5-8,10,15H2. The SMILES string of the molecule is NCC1(CCCOc2cccc(F)c2)CC1. The average Bonchev–Trinajstić information content (AvgIpc) is 3.05. The summed E-state index contributed by atoms with van der Waals surface area (Å²) in [5.41, 5.74) is 6.10. The molecule has 0 atom stereocenters. The summed E-state index contributed by atoms with van der Waals surface area (Å²) in [6.45, 7) is 1.43. The summed E-state index contributed by atoms with van der Waals surface area (Å²) in [5.74, 6) is 0.357. The fraction of sp³-hybridized carbons (Fsp3) is 0.538. The molecular weight excluding hydrogens is 205 g/mol. The van der Waals surface area contributed by atoms with Gasteiger partial charge in [-0.3, -0.25) is 0 Å². The quantitative estimate of drug-likeness (QED) is 0.752. The molecular formula is C13H18FNO. The van der Waals surface area contributed by atoms with Crippen molar-refractivity contribution in [3.8, 4) is 5.75 Å². The van der Waals surface area contributed by atoms with Crippen LogP contribution in [0.25, 0.3) is 0 Å². The van der Waals surface area contributed by atoms with Gasteiger partial charge in [-0.05, 0) is 49.8 Å². The Balaban J connectivity index is 1.68. The van der Waals surface area contributed by atoms with Crippen LogP contribution in [0.5, 0.6) is 5.75 Å². The molecule has 0 aliphatic heterocycles. The molecule has 3 heteroatoms. The van der Waals surface area contributed by atoms with Gasteiger partial charge in [-0.1, -0.05) is 6.07 Å². The van der Waals surface area contributed by atoms with Gasteiger partial charge in [0.05, 0.1) is 6.61 Å². The van der Waals surface area contributed by atoms with Crippen molar-refractivity contribution in [2.45, 2.75) is 25.7 Å². The number of hydrogen-bond donors (Lipinski definition) is 1. The molecule has 0 radical (unpaired) electrons. The average molecular weight is 223 g/mol. The molecule has 1 aliphatic rings. The summed E-state index contributed by atoms with van der Waals surface area (Å²) in [7, 11) is 0. The lowest BCUT2D eigenvalue weighted by Crippen LogP contribution is -2.16. The third-order valence-corrected chi connectivity index (χ3v) is 3.31. The summed E-state index contributed by atoms with van der Waals surface area (Å²) in [6, 6.07) is 6.27. The van der Waals surface area contributed by atoms with Crippen LogP contribution in [0, 0.1) is 11.2 Å². The number of nitrogens with two attached hydrogens (primary N) is 1. The largest absolute Gasteiger partial charge is 0.493 e. The van der Waals surface area contributed by atoms with E-state index < -0.39 is 0 Å². The van der Waals surface area contributed by atoms with E-state index in [-0.39, 0.29) is 5.82 Å². The van der Waals surface area contributed by atoms with E-state index in [2.05, 4.69) is 0 Å². The summed E-state index contributed by atoms with van der Waals surface area (Å²) < 4.78 is 18.3. The second-order valence-corrected chi connectivity index (χ2v) is 4.61. The number of rotatable bonds is 6. The van der Waals surface area contributed by atoms with Crippen molar-refractivity contribution in [3.63, 3.8) is 0 Å². The zero-order valence-corrected chi connectivity index (χ0v) is 9.42. The molecule has 0 amide bonds. The molecule has 16 heavy (non-hydrogen) atoms. The van der Waals surface area contributed by atoms with E-state index in [4.69, 9.17) is 10.5 Å². The Labute approximate surface area is 95.6 Å². The highest BCUT2D eigenvalue weighted by atomic mass is 19.1. The summed E-state index contributed by atoms with van der Waals surface area (Å²) >= 11 is 0. The second kappa shape index (κ2) is 4.83. The van der Waals surface area contributed by atoms with Crippen LogP contribution in [0.3, 0.4) is 0 Å². The molecule has 88 valence electrons. The van der Waals surface area contributed by atoms with Crippen molar-refractivity contribution in [1.82, 2.24) is 0 Å². The summed E-state index contributed by atoms with van der Waals surface area (Å²) in [5, 5.41) is 0. The number of benzene rings is 1. The van der Waals surface area contributed by atoms with Crippen molar-refractivity contribution in [1.29, 1.82) is 0 Å². The van der Waals surface area contributed by atoms with Crippen LogP contribution in [0.4, 0.5) is 4.39 Å².